The van der Waals surface area contributed by atoms with Crippen LogP contribution in [0, 0.1) is 0 Å². The second-order valence-corrected chi connectivity index (χ2v) is 8.18. The van der Waals surface area contributed by atoms with E-state index in [2.05, 4.69) is 35.8 Å². The highest BCUT2D eigenvalue weighted by atomic mass is 32.3. The number of nitrogens with zero attached hydrogens (tertiary/aromatic N) is 2. The summed E-state index contributed by atoms with van der Waals surface area (Å²) in [6, 6.07) is 0. The molecule has 0 N–H and O–H groups in total. The Hall–Kier alpha value is 0.270. The minimum atomic E-state index is -0.438. The molecule has 1 heterocycles. The summed E-state index contributed by atoms with van der Waals surface area (Å²) < 4.78 is 2.56. The fraction of sp³-hybridized carbons (Fsp3) is 1.00. The topological polar surface area (TPSA) is 6.48 Å². The summed E-state index contributed by atoms with van der Waals surface area (Å²) in [5.74, 6) is 1.40. The molecule has 1 saturated heterocycles. The maximum absolute atomic E-state index is 2.56. The van der Waals surface area contributed by atoms with Gasteiger partial charge < -0.3 is 4.90 Å². The van der Waals surface area contributed by atoms with Crippen LogP contribution in [0.5, 0.6) is 0 Å². The summed E-state index contributed by atoms with van der Waals surface area (Å²) in [6.07, 6.45) is 6.22. The number of likely N-dealkylation sites (N-methyl/N-ethyl adjacent to an activating group) is 2. The Bertz CT molecular complexity index is 147. The van der Waals surface area contributed by atoms with E-state index in [1.165, 1.54) is 31.8 Å². The van der Waals surface area contributed by atoms with E-state index in [0.717, 1.165) is 0 Å². The monoisotopic (exact) mass is 190 g/mol. The van der Waals surface area contributed by atoms with Crippen LogP contribution < -0.4 is 0 Å². The Morgan fingerprint density at radius 3 is 2.33 bits per heavy atom. The Morgan fingerprint density at radius 2 is 1.67 bits per heavy atom. The normalized spacial score (nSPS) is 30.7. The minimum absolute atomic E-state index is 0.438. The van der Waals surface area contributed by atoms with Gasteiger partial charge in [0.1, 0.15) is 0 Å². The van der Waals surface area contributed by atoms with Gasteiger partial charge in [-0.3, -0.25) is 4.31 Å². The largest absolute Gasteiger partial charge is 0.305 e. The maximum Gasteiger partial charge on any atom is 0.0199 e. The molecule has 2 nitrogen and oxygen atoms in total. The molecule has 0 aromatic carbocycles. The first kappa shape index (κ1) is 10.4. The van der Waals surface area contributed by atoms with Gasteiger partial charge in [0.2, 0.25) is 0 Å². The summed E-state index contributed by atoms with van der Waals surface area (Å²) in [5, 5.41) is 0. The smallest absolute Gasteiger partial charge is 0.0199 e. The average Bonchev–Trinajstić information content (AvgIpc) is 1.98. The van der Waals surface area contributed by atoms with Crippen molar-refractivity contribution >= 4 is 10.2 Å². The SMILES string of the molecule is CN1CCCS(C)(C)N(C)CC1. The van der Waals surface area contributed by atoms with Crippen molar-refractivity contribution in [3.8, 4) is 0 Å². The van der Waals surface area contributed by atoms with E-state index in [-0.39, 0.29) is 0 Å². The number of hydrogen-bond donors (Lipinski definition) is 0. The molecule has 74 valence electrons. The van der Waals surface area contributed by atoms with Gasteiger partial charge in [0, 0.05) is 13.1 Å². The summed E-state index contributed by atoms with van der Waals surface area (Å²) in [6.45, 7) is 3.75. The van der Waals surface area contributed by atoms with Gasteiger partial charge in [0.05, 0.1) is 0 Å². The third kappa shape index (κ3) is 2.64. The molecule has 0 spiro atoms. The molecule has 0 unspecified atom stereocenters. The van der Waals surface area contributed by atoms with Gasteiger partial charge >= 0.3 is 0 Å². The summed E-state index contributed by atoms with van der Waals surface area (Å²) >= 11 is 0. The average molecular weight is 190 g/mol. The van der Waals surface area contributed by atoms with Crippen LogP contribution in [0.4, 0.5) is 0 Å². The second-order valence-electron chi connectivity index (χ2n) is 4.19. The van der Waals surface area contributed by atoms with Crippen molar-refractivity contribution in [2.45, 2.75) is 6.42 Å². The molecular formula is C9H22N2S. The van der Waals surface area contributed by atoms with Gasteiger partial charge in [-0.1, -0.05) is 0 Å². The molecule has 0 bridgehead atoms. The van der Waals surface area contributed by atoms with Crippen molar-refractivity contribution in [1.82, 2.24) is 9.21 Å². The molecule has 0 aliphatic carbocycles. The van der Waals surface area contributed by atoms with Crippen molar-refractivity contribution in [3.05, 3.63) is 0 Å². The van der Waals surface area contributed by atoms with Crippen LogP contribution in [0.1, 0.15) is 6.42 Å². The fourth-order valence-electron chi connectivity index (χ4n) is 1.51. The third-order valence-electron chi connectivity index (χ3n) is 2.82. The van der Waals surface area contributed by atoms with Crippen LogP contribution in [0.25, 0.3) is 0 Å². The van der Waals surface area contributed by atoms with E-state index in [4.69, 9.17) is 0 Å². The molecule has 0 amide bonds. The molecule has 1 rings (SSSR count). The lowest BCUT2D eigenvalue weighted by molar-refractivity contribution is 0.306. The van der Waals surface area contributed by atoms with Crippen LogP contribution in [-0.4, -0.2) is 61.2 Å². The van der Waals surface area contributed by atoms with Crippen molar-refractivity contribution in [1.29, 1.82) is 0 Å². The van der Waals surface area contributed by atoms with Gasteiger partial charge in [-0.25, -0.2) is 0 Å². The van der Waals surface area contributed by atoms with E-state index >= 15 is 0 Å². The first-order valence-electron chi connectivity index (χ1n) is 4.63. The van der Waals surface area contributed by atoms with Crippen molar-refractivity contribution in [3.63, 3.8) is 0 Å². The molecule has 1 fully saturated rings. The number of hydrogen-bond acceptors (Lipinski definition) is 2. The highest BCUT2D eigenvalue weighted by Gasteiger charge is 2.19. The van der Waals surface area contributed by atoms with Crippen LogP contribution >= 0.6 is 10.2 Å². The van der Waals surface area contributed by atoms with Crippen molar-refractivity contribution in [2.24, 2.45) is 0 Å². The lowest BCUT2D eigenvalue weighted by Crippen LogP contribution is -2.37. The first-order chi connectivity index (χ1) is 5.52. The fourth-order valence-corrected chi connectivity index (χ4v) is 3.24. The van der Waals surface area contributed by atoms with Crippen LogP contribution in [0.2, 0.25) is 0 Å². The maximum atomic E-state index is 2.56. The van der Waals surface area contributed by atoms with Crippen molar-refractivity contribution in [2.75, 3.05) is 52.0 Å². The molecule has 0 aromatic rings. The predicted molar refractivity (Wildman–Crippen MR) is 59.1 cm³/mol. The van der Waals surface area contributed by atoms with Gasteiger partial charge in [0.15, 0.2) is 0 Å². The molecule has 1 aliphatic rings. The summed E-state index contributed by atoms with van der Waals surface area (Å²) in [4.78, 5) is 2.44. The van der Waals surface area contributed by atoms with E-state index in [9.17, 15) is 0 Å². The van der Waals surface area contributed by atoms with E-state index in [1.54, 1.807) is 0 Å². The zero-order valence-electron chi connectivity index (χ0n) is 8.84. The van der Waals surface area contributed by atoms with E-state index < -0.39 is 10.2 Å². The zero-order chi connectivity index (χ0) is 9.19. The second kappa shape index (κ2) is 3.99. The van der Waals surface area contributed by atoms with Crippen LogP contribution in [0.15, 0.2) is 0 Å². The summed E-state index contributed by atoms with van der Waals surface area (Å²) in [5.41, 5.74) is 0. The lowest BCUT2D eigenvalue weighted by atomic mass is 10.4. The first-order valence-corrected chi connectivity index (χ1v) is 7.21. The molecule has 3 heteroatoms. The molecule has 0 atom stereocenters. The van der Waals surface area contributed by atoms with Crippen LogP contribution in [0.3, 0.4) is 0 Å². The molecule has 1 aliphatic heterocycles. The Labute approximate surface area is 78.4 Å². The Morgan fingerprint density at radius 1 is 1.00 bits per heavy atom. The number of rotatable bonds is 0. The van der Waals surface area contributed by atoms with E-state index in [1.807, 2.05) is 0 Å². The highest BCUT2D eigenvalue weighted by Crippen LogP contribution is 2.43. The van der Waals surface area contributed by atoms with Gasteiger partial charge in [-0.05, 0) is 45.3 Å². The summed E-state index contributed by atoms with van der Waals surface area (Å²) in [7, 11) is 4.06. The molecule has 0 aromatic heterocycles. The lowest BCUT2D eigenvalue weighted by Gasteiger charge is -2.43. The van der Waals surface area contributed by atoms with Crippen molar-refractivity contribution < 1.29 is 0 Å². The minimum Gasteiger partial charge on any atom is -0.305 e. The van der Waals surface area contributed by atoms with Crippen LogP contribution in [-0.2, 0) is 0 Å². The third-order valence-corrected chi connectivity index (χ3v) is 5.98. The zero-order valence-corrected chi connectivity index (χ0v) is 9.65. The van der Waals surface area contributed by atoms with E-state index in [0.29, 0.717) is 0 Å². The van der Waals surface area contributed by atoms with Gasteiger partial charge in [0.25, 0.3) is 0 Å². The molecule has 0 radical (unpaired) electrons. The van der Waals surface area contributed by atoms with Gasteiger partial charge in [-0.2, -0.15) is 10.2 Å². The Kier molecular flexibility index (Phi) is 3.44. The predicted octanol–water partition coefficient (Wildman–Crippen LogP) is 1.23. The molecular weight excluding hydrogens is 168 g/mol. The molecule has 0 saturated carbocycles. The highest BCUT2D eigenvalue weighted by molar-refractivity contribution is 8.30. The standard InChI is InChI=1S/C9H22N2S/c1-10-6-5-9-12(3,4)11(2)8-7-10/h5-9H2,1-4H3. The van der Waals surface area contributed by atoms with Gasteiger partial charge in [-0.15, -0.1) is 0 Å². The quantitative estimate of drug-likeness (QED) is 0.567. The Balaban J connectivity index is 2.50. The molecule has 12 heavy (non-hydrogen) atoms.